The molecule has 2 aromatic rings. The highest BCUT2D eigenvalue weighted by molar-refractivity contribution is 5.45. The van der Waals surface area contributed by atoms with Crippen LogP contribution in [0.5, 0.6) is 0 Å². The Labute approximate surface area is 105 Å². The van der Waals surface area contributed by atoms with Crippen molar-refractivity contribution in [1.29, 1.82) is 0 Å². The minimum Gasteiger partial charge on any atom is -0.321 e. The van der Waals surface area contributed by atoms with Gasteiger partial charge >= 0.3 is 5.69 Å². The summed E-state index contributed by atoms with van der Waals surface area (Å²) in [6, 6.07) is 0.492. The number of nitro benzene ring substituents is 1. The van der Waals surface area contributed by atoms with Gasteiger partial charge in [0.15, 0.2) is 11.6 Å². The largest absolute Gasteiger partial charge is 0.321 e. The molecule has 1 aromatic carbocycles. The van der Waals surface area contributed by atoms with Crippen LogP contribution in [0.25, 0.3) is 5.69 Å². The lowest BCUT2D eigenvalue weighted by atomic mass is 10.2. The fraction of sp³-hybridized carbons (Fsp3) is 0.222. The summed E-state index contributed by atoms with van der Waals surface area (Å²) in [6.07, 6.45) is 0. The molecule has 0 saturated heterocycles. The number of rotatable bonds is 3. The number of aromatic nitrogens is 4. The second kappa shape index (κ2) is 4.65. The van der Waals surface area contributed by atoms with Crippen molar-refractivity contribution < 1.29 is 13.7 Å². The number of benzene rings is 1. The molecular weight excluding hydrogens is 262 g/mol. The maximum Gasteiger partial charge on any atom is 0.307 e. The van der Waals surface area contributed by atoms with Gasteiger partial charge in [0.05, 0.1) is 11.0 Å². The van der Waals surface area contributed by atoms with Gasteiger partial charge in [-0.25, -0.2) is 4.39 Å². The van der Waals surface area contributed by atoms with Crippen LogP contribution in [0.3, 0.4) is 0 Å². The van der Waals surface area contributed by atoms with Gasteiger partial charge in [0.25, 0.3) is 0 Å². The van der Waals surface area contributed by atoms with E-state index in [1.54, 1.807) is 6.92 Å². The van der Waals surface area contributed by atoms with Crippen molar-refractivity contribution in [2.24, 2.45) is 5.73 Å². The fourth-order valence-electron chi connectivity index (χ4n) is 1.48. The van der Waals surface area contributed by atoms with Crippen LogP contribution in [0.4, 0.5) is 14.5 Å². The monoisotopic (exact) mass is 270 g/mol. The average molecular weight is 270 g/mol. The second-order valence-corrected chi connectivity index (χ2v) is 3.75. The molecule has 1 heterocycles. The highest BCUT2D eigenvalue weighted by Gasteiger charge is 2.22. The van der Waals surface area contributed by atoms with E-state index in [-0.39, 0.29) is 11.5 Å². The molecule has 2 rings (SSSR count). The Morgan fingerprint density at radius 1 is 1.42 bits per heavy atom. The molecule has 0 aliphatic carbocycles. The molecule has 0 fully saturated rings. The molecule has 1 atom stereocenters. The Bertz CT molecular complexity index is 642. The molecule has 0 amide bonds. The first-order valence-electron chi connectivity index (χ1n) is 5.09. The van der Waals surface area contributed by atoms with Crippen LogP contribution in [-0.2, 0) is 0 Å². The summed E-state index contributed by atoms with van der Waals surface area (Å²) in [5.74, 6) is -2.21. The predicted molar refractivity (Wildman–Crippen MR) is 58.3 cm³/mol. The van der Waals surface area contributed by atoms with Gasteiger partial charge in [-0.3, -0.25) is 10.1 Å². The molecule has 0 radical (unpaired) electrons. The fourth-order valence-corrected chi connectivity index (χ4v) is 1.48. The van der Waals surface area contributed by atoms with Crippen LogP contribution in [0.2, 0.25) is 0 Å². The van der Waals surface area contributed by atoms with Crippen molar-refractivity contribution in [2.45, 2.75) is 13.0 Å². The van der Waals surface area contributed by atoms with E-state index < -0.39 is 28.3 Å². The molecule has 1 aromatic heterocycles. The van der Waals surface area contributed by atoms with E-state index in [0.717, 1.165) is 4.68 Å². The van der Waals surface area contributed by atoms with Gasteiger partial charge in [0.1, 0.15) is 5.69 Å². The quantitative estimate of drug-likeness (QED) is 0.654. The Kier molecular flexibility index (Phi) is 3.17. The van der Waals surface area contributed by atoms with E-state index in [9.17, 15) is 18.9 Å². The summed E-state index contributed by atoms with van der Waals surface area (Å²) in [7, 11) is 0. The number of nitro groups is 1. The van der Waals surface area contributed by atoms with Crippen molar-refractivity contribution in [2.75, 3.05) is 0 Å². The summed E-state index contributed by atoms with van der Waals surface area (Å²) in [4.78, 5) is 9.67. The van der Waals surface area contributed by atoms with E-state index in [1.807, 2.05) is 0 Å². The Morgan fingerprint density at radius 3 is 2.68 bits per heavy atom. The van der Waals surface area contributed by atoms with Crippen LogP contribution in [-0.4, -0.2) is 25.1 Å². The Morgan fingerprint density at radius 2 is 2.11 bits per heavy atom. The molecule has 1 unspecified atom stereocenters. The van der Waals surface area contributed by atoms with Gasteiger partial charge in [-0.1, -0.05) is 0 Å². The third-order valence-electron chi connectivity index (χ3n) is 2.34. The summed E-state index contributed by atoms with van der Waals surface area (Å²) >= 11 is 0. The lowest BCUT2D eigenvalue weighted by Gasteiger charge is -2.08. The minimum absolute atomic E-state index is 0.0970. The maximum absolute atomic E-state index is 13.7. The van der Waals surface area contributed by atoms with E-state index in [0.29, 0.717) is 12.1 Å². The van der Waals surface area contributed by atoms with Crippen LogP contribution < -0.4 is 5.73 Å². The molecule has 0 aliphatic heterocycles. The summed E-state index contributed by atoms with van der Waals surface area (Å²) < 4.78 is 27.8. The number of hydrogen-bond donors (Lipinski definition) is 1. The molecule has 19 heavy (non-hydrogen) atoms. The van der Waals surface area contributed by atoms with Crippen LogP contribution in [0.1, 0.15) is 18.8 Å². The summed E-state index contributed by atoms with van der Waals surface area (Å²) in [5, 5.41) is 21.0. The lowest BCUT2D eigenvalue weighted by molar-refractivity contribution is -0.387. The van der Waals surface area contributed by atoms with Crippen molar-refractivity contribution in [3.8, 4) is 5.69 Å². The van der Waals surface area contributed by atoms with Gasteiger partial charge in [-0.2, -0.15) is 9.07 Å². The smallest absolute Gasteiger partial charge is 0.307 e. The molecule has 100 valence electrons. The molecule has 0 saturated carbocycles. The molecular formula is C9H8F2N6O2. The Balaban J connectivity index is 2.65. The number of nitrogens with two attached hydrogens (primary N) is 1. The molecule has 0 spiro atoms. The molecule has 0 bridgehead atoms. The van der Waals surface area contributed by atoms with E-state index in [1.165, 1.54) is 0 Å². The number of tetrazole rings is 1. The summed E-state index contributed by atoms with van der Waals surface area (Å²) in [5.41, 5.74) is 4.37. The predicted octanol–water partition coefficient (Wildman–Crippen LogP) is 0.868. The first-order valence-corrected chi connectivity index (χ1v) is 5.09. The zero-order chi connectivity index (χ0) is 14.2. The van der Waals surface area contributed by atoms with Crippen LogP contribution in [0, 0.1) is 21.7 Å². The normalized spacial score (nSPS) is 12.4. The van der Waals surface area contributed by atoms with E-state index in [2.05, 4.69) is 15.5 Å². The standard InChI is InChI=1S/C9H8F2N6O2/c1-4(12)9-13-14-15-16(9)7-3-8(17(18)19)6(11)2-5(7)10/h2-4H,12H2,1H3. The second-order valence-electron chi connectivity index (χ2n) is 3.75. The zero-order valence-corrected chi connectivity index (χ0v) is 9.62. The highest BCUT2D eigenvalue weighted by atomic mass is 19.1. The maximum atomic E-state index is 13.7. The van der Waals surface area contributed by atoms with Crippen LogP contribution >= 0.6 is 0 Å². The first kappa shape index (κ1) is 13.0. The third-order valence-corrected chi connectivity index (χ3v) is 2.34. The minimum atomic E-state index is -1.28. The van der Waals surface area contributed by atoms with Gasteiger partial charge in [0.2, 0.25) is 5.82 Å². The third kappa shape index (κ3) is 2.25. The molecule has 2 N–H and O–H groups in total. The highest BCUT2D eigenvalue weighted by Crippen LogP contribution is 2.24. The van der Waals surface area contributed by atoms with Gasteiger partial charge < -0.3 is 5.73 Å². The van der Waals surface area contributed by atoms with Crippen LogP contribution in [0.15, 0.2) is 12.1 Å². The van der Waals surface area contributed by atoms with Gasteiger partial charge in [-0.15, -0.1) is 5.10 Å². The topological polar surface area (TPSA) is 113 Å². The van der Waals surface area contributed by atoms with Crippen molar-refractivity contribution in [1.82, 2.24) is 20.2 Å². The number of halogens is 2. The molecule has 8 nitrogen and oxygen atoms in total. The molecule has 0 aliphatic rings. The average Bonchev–Trinajstić information content (AvgIpc) is 2.77. The zero-order valence-electron chi connectivity index (χ0n) is 9.62. The SMILES string of the molecule is CC(N)c1nnnn1-c1cc([N+](=O)[O-])c(F)cc1F. The Hall–Kier alpha value is -2.49. The lowest BCUT2D eigenvalue weighted by Crippen LogP contribution is -2.14. The van der Waals surface area contributed by atoms with Crippen molar-refractivity contribution >= 4 is 5.69 Å². The van der Waals surface area contributed by atoms with Crippen molar-refractivity contribution in [3.05, 3.63) is 39.7 Å². The number of nitrogens with zero attached hydrogens (tertiary/aromatic N) is 5. The van der Waals surface area contributed by atoms with E-state index in [4.69, 9.17) is 5.73 Å². The first-order chi connectivity index (χ1) is 8.91. The number of hydrogen-bond acceptors (Lipinski definition) is 6. The van der Waals surface area contributed by atoms with Gasteiger partial charge in [-0.05, 0) is 17.4 Å². The summed E-state index contributed by atoms with van der Waals surface area (Å²) in [6.45, 7) is 1.55. The van der Waals surface area contributed by atoms with Crippen molar-refractivity contribution in [3.63, 3.8) is 0 Å². The van der Waals surface area contributed by atoms with E-state index >= 15 is 0 Å². The molecule has 10 heteroatoms. The van der Waals surface area contributed by atoms with Gasteiger partial charge in [0, 0.05) is 12.1 Å².